The van der Waals surface area contributed by atoms with E-state index >= 15 is 0 Å². The van der Waals surface area contributed by atoms with Crippen molar-refractivity contribution in [3.63, 3.8) is 0 Å². The Morgan fingerprint density at radius 1 is 1.13 bits per heavy atom. The molecular formula is C14H29FN2O4S2. The summed E-state index contributed by atoms with van der Waals surface area (Å²) in [7, 11) is 1.25. The van der Waals surface area contributed by atoms with Crippen LogP contribution < -0.4 is 10.0 Å². The van der Waals surface area contributed by atoms with Crippen LogP contribution in [0.5, 0.6) is 0 Å². The van der Waals surface area contributed by atoms with Gasteiger partial charge in [0.15, 0.2) is 0 Å². The summed E-state index contributed by atoms with van der Waals surface area (Å²) in [5, 5.41) is 2.52. The van der Waals surface area contributed by atoms with Crippen molar-refractivity contribution < 1.29 is 23.4 Å². The summed E-state index contributed by atoms with van der Waals surface area (Å²) in [6.07, 6.45) is -1.12. The summed E-state index contributed by atoms with van der Waals surface area (Å²) in [4.78, 5) is 11.3. The van der Waals surface area contributed by atoms with E-state index in [0.29, 0.717) is 33.0 Å². The Kier molecular flexibility index (Phi) is 15.4. The normalized spacial score (nSPS) is 14.0. The van der Waals surface area contributed by atoms with Crippen LogP contribution in [-0.2, 0) is 19.0 Å². The van der Waals surface area contributed by atoms with Crippen LogP contribution in [0.15, 0.2) is 0 Å². The molecule has 9 heteroatoms. The second-order valence-corrected chi connectivity index (χ2v) is 6.32. The SMILES string of the molecule is CC(CNSS)OCCOCCOCC(F)CNC(=O)C(C)C. The summed E-state index contributed by atoms with van der Waals surface area (Å²) >= 11 is 3.96. The molecule has 23 heavy (non-hydrogen) atoms. The molecule has 0 bridgehead atoms. The molecule has 0 spiro atoms. The smallest absolute Gasteiger partial charge is 0.222 e. The Bertz CT molecular complexity index is 302. The lowest BCUT2D eigenvalue weighted by atomic mass is 10.2. The van der Waals surface area contributed by atoms with Gasteiger partial charge in [0, 0.05) is 12.5 Å². The fourth-order valence-electron chi connectivity index (χ4n) is 1.43. The first-order valence-corrected chi connectivity index (χ1v) is 9.56. The topological polar surface area (TPSA) is 68.8 Å². The molecule has 1 amide bonds. The van der Waals surface area contributed by atoms with Gasteiger partial charge in [0.2, 0.25) is 5.91 Å². The average molecular weight is 373 g/mol. The number of carbonyl (C=O) groups excluding carboxylic acids is 1. The average Bonchev–Trinajstić information content (AvgIpc) is 2.52. The van der Waals surface area contributed by atoms with Crippen LogP contribution in [0, 0.1) is 5.92 Å². The van der Waals surface area contributed by atoms with Crippen LogP contribution in [0.25, 0.3) is 0 Å². The molecule has 0 saturated heterocycles. The molecule has 0 aromatic rings. The first kappa shape index (κ1) is 22.9. The molecule has 0 aliphatic carbocycles. The predicted molar refractivity (Wildman–Crippen MR) is 94.4 cm³/mol. The van der Waals surface area contributed by atoms with Crippen molar-refractivity contribution in [2.45, 2.75) is 33.0 Å². The van der Waals surface area contributed by atoms with E-state index in [1.807, 2.05) is 6.92 Å². The third kappa shape index (κ3) is 15.2. The lowest BCUT2D eigenvalue weighted by molar-refractivity contribution is -0.124. The highest BCUT2D eigenvalue weighted by Gasteiger charge is 2.11. The maximum atomic E-state index is 13.4. The van der Waals surface area contributed by atoms with Gasteiger partial charge in [0.05, 0.1) is 45.7 Å². The van der Waals surface area contributed by atoms with Crippen LogP contribution in [0.4, 0.5) is 4.39 Å². The molecule has 138 valence electrons. The van der Waals surface area contributed by atoms with Gasteiger partial charge in [0.1, 0.15) is 6.17 Å². The zero-order chi connectivity index (χ0) is 17.5. The summed E-state index contributed by atoms with van der Waals surface area (Å²) in [5.41, 5.74) is 0. The molecular weight excluding hydrogens is 343 g/mol. The van der Waals surface area contributed by atoms with Gasteiger partial charge in [-0.2, -0.15) is 0 Å². The molecule has 0 saturated carbocycles. The van der Waals surface area contributed by atoms with E-state index in [1.54, 1.807) is 13.8 Å². The molecule has 0 aromatic heterocycles. The Morgan fingerprint density at radius 2 is 1.78 bits per heavy atom. The number of nitrogens with one attached hydrogen (secondary N) is 2. The first-order valence-electron chi connectivity index (χ1n) is 7.69. The fraction of sp³-hybridized carbons (Fsp3) is 0.929. The summed E-state index contributed by atoms with van der Waals surface area (Å²) in [6.45, 7) is 7.76. The van der Waals surface area contributed by atoms with E-state index in [4.69, 9.17) is 14.2 Å². The molecule has 0 fully saturated rings. The molecule has 0 rings (SSSR count). The van der Waals surface area contributed by atoms with Crippen molar-refractivity contribution in [3.05, 3.63) is 0 Å². The summed E-state index contributed by atoms with van der Waals surface area (Å²) in [5.74, 6) is -0.303. The van der Waals surface area contributed by atoms with Crippen molar-refractivity contribution in [2.75, 3.05) is 46.1 Å². The van der Waals surface area contributed by atoms with Gasteiger partial charge in [-0.15, -0.1) is 0 Å². The van der Waals surface area contributed by atoms with Crippen LogP contribution in [0.1, 0.15) is 20.8 Å². The minimum absolute atomic E-state index is 0.0256. The predicted octanol–water partition coefficient (Wildman–Crippen LogP) is 1.62. The van der Waals surface area contributed by atoms with Crippen molar-refractivity contribution >= 4 is 28.5 Å². The number of hydrogen-bond donors (Lipinski definition) is 3. The van der Waals surface area contributed by atoms with E-state index < -0.39 is 6.17 Å². The molecule has 2 unspecified atom stereocenters. The van der Waals surface area contributed by atoms with Gasteiger partial charge >= 0.3 is 0 Å². The van der Waals surface area contributed by atoms with E-state index in [0.717, 1.165) is 0 Å². The number of halogens is 1. The number of amides is 1. The molecule has 0 heterocycles. The van der Waals surface area contributed by atoms with Crippen molar-refractivity contribution in [1.82, 2.24) is 10.0 Å². The highest BCUT2D eigenvalue weighted by molar-refractivity contribution is 8.67. The number of carbonyl (C=O) groups is 1. The quantitative estimate of drug-likeness (QED) is 0.176. The number of ether oxygens (including phenoxy) is 3. The van der Waals surface area contributed by atoms with E-state index in [2.05, 4.69) is 21.7 Å². The second kappa shape index (κ2) is 15.5. The highest BCUT2D eigenvalue weighted by atomic mass is 33.1. The lowest BCUT2D eigenvalue weighted by Crippen LogP contribution is -2.35. The van der Waals surface area contributed by atoms with Crippen molar-refractivity contribution in [2.24, 2.45) is 5.92 Å². The van der Waals surface area contributed by atoms with Gasteiger partial charge in [-0.05, 0) is 17.9 Å². The summed E-state index contributed by atoms with van der Waals surface area (Å²) < 4.78 is 32.4. The first-order chi connectivity index (χ1) is 11.0. The second-order valence-electron chi connectivity index (χ2n) is 5.31. The maximum absolute atomic E-state index is 13.4. The van der Waals surface area contributed by atoms with Gasteiger partial charge in [0.25, 0.3) is 0 Å². The number of rotatable bonds is 15. The minimum Gasteiger partial charge on any atom is -0.377 e. The van der Waals surface area contributed by atoms with Gasteiger partial charge in [-0.1, -0.05) is 25.5 Å². The van der Waals surface area contributed by atoms with Crippen LogP contribution >= 0.6 is 22.6 Å². The van der Waals surface area contributed by atoms with E-state index in [-0.39, 0.29) is 31.1 Å². The number of alkyl halides is 1. The molecule has 0 aliphatic heterocycles. The van der Waals surface area contributed by atoms with E-state index in [1.165, 1.54) is 11.0 Å². The Hall–Kier alpha value is -0.0600. The fourth-order valence-corrected chi connectivity index (χ4v) is 1.96. The standard InChI is InChI=1S/C14H29FN2O4S2/c1-11(2)14(18)16-9-13(15)10-20-5-4-19-6-7-21-12(3)8-17-23-22/h11-13,17,22H,4-10H2,1-3H3,(H,16,18). The van der Waals surface area contributed by atoms with Crippen molar-refractivity contribution in [1.29, 1.82) is 0 Å². The largest absolute Gasteiger partial charge is 0.377 e. The number of thiol groups is 1. The van der Waals surface area contributed by atoms with E-state index in [9.17, 15) is 9.18 Å². The van der Waals surface area contributed by atoms with Crippen LogP contribution in [-0.4, -0.2) is 64.3 Å². The summed E-state index contributed by atoms with van der Waals surface area (Å²) in [6, 6.07) is 0. The highest BCUT2D eigenvalue weighted by Crippen LogP contribution is 1.98. The molecule has 6 nitrogen and oxygen atoms in total. The van der Waals surface area contributed by atoms with Gasteiger partial charge in [-0.3, -0.25) is 9.52 Å². The molecule has 0 aliphatic rings. The third-order valence-electron chi connectivity index (χ3n) is 2.76. The lowest BCUT2D eigenvalue weighted by Gasteiger charge is -2.13. The molecule has 2 atom stereocenters. The Balaban J connectivity index is 3.34. The van der Waals surface area contributed by atoms with Crippen LogP contribution in [0.3, 0.4) is 0 Å². The Labute approximate surface area is 147 Å². The monoisotopic (exact) mass is 372 g/mol. The van der Waals surface area contributed by atoms with Gasteiger partial charge < -0.3 is 19.5 Å². The molecule has 0 aromatic carbocycles. The molecule has 2 N–H and O–H groups in total. The third-order valence-corrected chi connectivity index (χ3v) is 3.44. The zero-order valence-electron chi connectivity index (χ0n) is 14.0. The van der Waals surface area contributed by atoms with Crippen molar-refractivity contribution in [3.8, 4) is 0 Å². The zero-order valence-corrected chi connectivity index (χ0v) is 15.8. The Morgan fingerprint density at radius 3 is 2.43 bits per heavy atom. The minimum atomic E-state index is -1.21. The number of hydrogen-bond acceptors (Lipinski definition) is 7. The van der Waals surface area contributed by atoms with Gasteiger partial charge in [-0.25, -0.2) is 4.39 Å². The maximum Gasteiger partial charge on any atom is 0.222 e. The molecule has 0 radical (unpaired) electrons. The van der Waals surface area contributed by atoms with Crippen LogP contribution in [0.2, 0.25) is 0 Å².